The minimum atomic E-state index is 0.855. The first-order valence-electron chi connectivity index (χ1n) is 4.89. The maximum atomic E-state index is 6.36. The summed E-state index contributed by atoms with van der Waals surface area (Å²) in [5.74, 6) is 0.855. The number of thioether (sulfide) groups is 1. The molecule has 0 aliphatic rings. The maximum Gasteiger partial charge on any atom is 0.174 e. The average molecular weight is 299 g/mol. The van der Waals surface area contributed by atoms with E-state index >= 15 is 0 Å². The van der Waals surface area contributed by atoms with Gasteiger partial charge in [-0.1, -0.05) is 52.9 Å². The number of nitrogens with zero attached hydrogens (tertiary/aromatic N) is 2. The quantitative estimate of drug-likeness (QED) is 0.656. The maximum absolute atomic E-state index is 6.36. The van der Waals surface area contributed by atoms with Crippen molar-refractivity contribution in [2.45, 2.75) is 10.1 Å². The first-order valence-corrected chi connectivity index (χ1v) is 7.95. The Hall–Kier alpha value is -0.620. The fraction of sp³-hybridized carbons (Fsp3) is 0.0909. The fourth-order valence-corrected chi connectivity index (χ4v) is 4.66. The van der Waals surface area contributed by atoms with Crippen LogP contribution in [0.5, 0.6) is 0 Å². The standard InChI is InChI=1S/C11H7ClN2S3/c12-10-7-3-1-2-4-8(7)17-9(10)5-15-11-14-13-6-16-11/h1-4,6H,5H2. The molecule has 0 atom stereocenters. The Bertz CT molecular complexity index is 633. The molecule has 86 valence electrons. The van der Waals surface area contributed by atoms with Gasteiger partial charge in [-0.3, -0.25) is 0 Å². The summed E-state index contributed by atoms with van der Waals surface area (Å²) in [4.78, 5) is 1.20. The molecule has 2 aromatic heterocycles. The highest BCUT2D eigenvalue weighted by atomic mass is 35.5. The predicted molar refractivity (Wildman–Crippen MR) is 76.3 cm³/mol. The monoisotopic (exact) mass is 298 g/mol. The number of rotatable bonds is 3. The lowest BCUT2D eigenvalue weighted by Crippen LogP contribution is -1.75. The first kappa shape index (κ1) is 11.5. The van der Waals surface area contributed by atoms with E-state index < -0.39 is 0 Å². The van der Waals surface area contributed by atoms with Gasteiger partial charge in [0.25, 0.3) is 0 Å². The van der Waals surface area contributed by atoms with Gasteiger partial charge in [0.05, 0.1) is 5.02 Å². The molecule has 0 aliphatic carbocycles. The van der Waals surface area contributed by atoms with Gasteiger partial charge < -0.3 is 0 Å². The molecular weight excluding hydrogens is 292 g/mol. The van der Waals surface area contributed by atoms with Crippen molar-refractivity contribution in [1.82, 2.24) is 10.2 Å². The number of hydrogen-bond donors (Lipinski definition) is 0. The van der Waals surface area contributed by atoms with Crippen LogP contribution in [0.25, 0.3) is 10.1 Å². The number of aromatic nitrogens is 2. The Labute approximate surface area is 116 Å². The number of thiophene rings is 1. The minimum absolute atomic E-state index is 0.855. The molecule has 0 amide bonds. The van der Waals surface area contributed by atoms with E-state index in [2.05, 4.69) is 22.3 Å². The van der Waals surface area contributed by atoms with Gasteiger partial charge in [-0.05, 0) is 6.07 Å². The lowest BCUT2D eigenvalue weighted by atomic mass is 10.2. The Morgan fingerprint density at radius 3 is 2.94 bits per heavy atom. The van der Waals surface area contributed by atoms with Gasteiger partial charge in [0, 0.05) is 20.7 Å². The van der Waals surface area contributed by atoms with Crippen molar-refractivity contribution >= 4 is 56.1 Å². The summed E-state index contributed by atoms with van der Waals surface area (Å²) in [5, 5.41) is 9.85. The SMILES string of the molecule is Clc1c(CSc2nncs2)sc2ccccc12. The summed E-state index contributed by atoms with van der Waals surface area (Å²) >= 11 is 11.3. The first-order chi connectivity index (χ1) is 8.34. The van der Waals surface area contributed by atoms with Gasteiger partial charge in [-0.2, -0.15) is 0 Å². The second kappa shape index (κ2) is 4.94. The van der Waals surface area contributed by atoms with Crippen LogP contribution in [0.4, 0.5) is 0 Å². The Balaban J connectivity index is 1.88. The summed E-state index contributed by atoms with van der Waals surface area (Å²) < 4.78 is 2.23. The zero-order valence-corrected chi connectivity index (χ0v) is 11.8. The smallest absolute Gasteiger partial charge is 0.146 e. The van der Waals surface area contributed by atoms with Crippen LogP contribution in [0.3, 0.4) is 0 Å². The summed E-state index contributed by atoms with van der Waals surface area (Å²) in [5.41, 5.74) is 1.74. The normalized spacial score (nSPS) is 11.1. The van der Waals surface area contributed by atoms with Crippen LogP contribution in [-0.2, 0) is 5.75 Å². The van der Waals surface area contributed by atoms with Gasteiger partial charge >= 0.3 is 0 Å². The van der Waals surface area contributed by atoms with Crippen molar-refractivity contribution in [2.75, 3.05) is 0 Å². The second-order valence-electron chi connectivity index (χ2n) is 3.33. The van der Waals surface area contributed by atoms with Crippen molar-refractivity contribution in [3.8, 4) is 0 Å². The molecule has 0 unspecified atom stereocenters. The molecule has 0 saturated carbocycles. The summed E-state index contributed by atoms with van der Waals surface area (Å²) in [6.45, 7) is 0. The largest absolute Gasteiger partial charge is 0.174 e. The third kappa shape index (κ3) is 2.33. The van der Waals surface area contributed by atoms with Gasteiger partial charge in [0.1, 0.15) is 5.51 Å². The Kier molecular flexibility index (Phi) is 3.33. The Morgan fingerprint density at radius 1 is 1.29 bits per heavy atom. The van der Waals surface area contributed by atoms with Gasteiger partial charge in [0.15, 0.2) is 4.34 Å². The predicted octanol–water partition coefficient (Wildman–Crippen LogP) is 4.70. The highest BCUT2D eigenvalue weighted by Gasteiger charge is 2.10. The van der Waals surface area contributed by atoms with Crippen molar-refractivity contribution in [1.29, 1.82) is 0 Å². The van der Waals surface area contributed by atoms with Gasteiger partial charge in [-0.15, -0.1) is 21.5 Å². The molecule has 1 aromatic carbocycles. The van der Waals surface area contributed by atoms with E-state index in [1.807, 2.05) is 12.1 Å². The molecule has 0 radical (unpaired) electrons. The second-order valence-corrected chi connectivity index (χ2v) is 6.90. The molecule has 2 nitrogen and oxygen atoms in total. The molecule has 0 N–H and O–H groups in total. The van der Waals surface area contributed by atoms with E-state index in [-0.39, 0.29) is 0 Å². The molecule has 0 spiro atoms. The number of halogens is 1. The molecule has 17 heavy (non-hydrogen) atoms. The molecular formula is C11H7ClN2S3. The third-order valence-electron chi connectivity index (χ3n) is 2.27. The molecule has 3 rings (SSSR count). The fourth-order valence-electron chi connectivity index (χ4n) is 1.51. The van der Waals surface area contributed by atoms with E-state index in [9.17, 15) is 0 Å². The van der Waals surface area contributed by atoms with Gasteiger partial charge in [-0.25, -0.2) is 0 Å². The summed E-state index contributed by atoms with van der Waals surface area (Å²) in [6.07, 6.45) is 0. The topological polar surface area (TPSA) is 25.8 Å². The highest BCUT2D eigenvalue weighted by molar-refractivity contribution is 8.00. The van der Waals surface area contributed by atoms with Crippen LogP contribution < -0.4 is 0 Å². The van der Waals surface area contributed by atoms with Crippen molar-refractivity contribution < 1.29 is 0 Å². The summed E-state index contributed by atoms with van der Waals surface area (Å²) in [7, 11) is 0. The Morgan fingerprint density at radius 2 is 2.18 bits per heavy atom. The van der Waals surface area contributed by atoms with E-state index in [0.29, 0.717) is 0 Å². The van der Waals surface area contributed by atoms with Crippen LogP contribution in [0.1, 0.15) is 4.88 Å². The van der Waals surface area contributed by atoms with Crippen molar-refractivity contribution in [2.24, 2.45) is 0 Å². The van der Waals surface area contributed by atoms with Crippen LogP contribution >= 0.6 is 46.0 Å². The minimum Gasteiger partial charge on any atom is -0.146 e. The zero-order valence-electron chi connectivity index (χ0n) is 8.59. The number of hydrogen-bond acceptors (Lipinski definition) is 5. The van der Waals surface area contributed by atoms with Crippen LogP contribution in [-0.4, -0.2) is 10.2 Å². The molecule has 0 fully saturated rings. The highest BCUT2D eigenvalue weighted by Crippen LogP contribution is 2.38. The lowest BCUT2D eigenvalue weighted by Gasteiger charge is -1.94. The molecule has 6 heteroatoms. The molecule has 0 bridgehead atoms. The molecule has 3 aromatic rings. The number of fused-ring (bicyclic) bond motifs is 1. The van der Waals surface area contributed by atoms with E-state index in [1.54, 1.807) is 39.9 Å². The van der Waals surface area contributed by atoms with Crippen LogP contribution in [0.15, 0.2) is 34.1 Å². The van der Waals surface area contributed by atoms with Crippen molar-refractivity contribution in [3.63, 3.8) is 0 Å². The summed E-state index contributed by atoms with van der Waals surface area (Å²) in [6, 6.07) is 8.22. The third-order valence-corrected chi connectivity index (χ3v) is 6.05. The molecule has 0 saturated heterocycles. The molecule has 2 heterocycles. The number of benzene rings is 1. The van der Waals surface area contributed by atoms with Crippen LogP contribution in [0, 0.1) is 0 Å². The van der Waals surface area contributed by atoms with E-state index in [0.717, 1.165) is 20.5 Å². The van der Waals surface area contributed by atoms with Crippen molar-refractivity contribution in [3.05, 3.63) is 39.7 Å². The van der Waals surface area contributed by atoms with Crippen LogP contribution in [0.2, 0.25) is 5.02 Å². The van der Waals surface area contributed by atoms with E-state index in [1.165, 1.54) is 9.58 Å². The molecule has 0 aliphatic heterocycles. The zero-order chi connectivity index (χ0) is 11.7. The van der Waals surface area contributed by atoms with E-state index in [4.69, 9.17) is 11.6 Å². The average Bonchev–Trinajstić information content (AvgIpc) is 2.96. The van der Waals surface area contributed by atoms with Gasteiger partial charge in [0.2, 0.25) is 0 Å². The lowest BCUT2D eigenvalue weighted by molar-refractivity contribution is 1.01.